The minimum Gasteiger partial charge on any atom is -0.506 e. The van der Waals surface area contributed by atoms with E-state index >= 15 is 0 Å². The first-order valence-electron chi connectivity index (χ1n) is 6.28. The van der Waals surface area contributed by atoms with E-state index in [0.29, 0.717) is 11.6 Å². The molecule has 1 aromatic carbocycles. The fraction of sp³-hybridized carbons (Fsp3) is 0.357. The Morgan fingerprint density at radius 2 is 2.00 bits per heavy atom. The van der Waals surface area contributed by atoms with Crippen molar-refractivity contribution in [1.82, 2.24) is 5.32 Å². The first-order chi connectivity index (χ1) is 8.75. The number of phenols is 1. The summed E-state index contributed by atoms with van der Waals surface area (Å²) < 4.78 is 0. The molecule has 0 atom stereocenters. The Labute approximate surface area is 107 Å². The van der Waals surface area contributed by atoms with E-state index in [2.05, 4.69) is 10.6 Å². The highest BCUT2D eigenvalue weighted by atomic mass is 16.3. The molecular weight excluding hydrogens is 228 g/mol. The number of amides is 2. The number of para-hydroxylation sites is 2. The number of urea groups is 1. The second kappa shape index (κ2) is 6.10. The Morgan fingerprint density at radius 1 is 1.28 bits per heavy atom. The van der Waals surface area contributed by atoms with Crippen molar-refractivity contribution in [2.75, 3.05) is 5.32 Å². The normalized spacial score (nSPS) is 16.0. The zero-order chi connectivity index (χ0) is 12.8. The molecule has 0 spiro atoms. The highest BCUT2D eigenvalue weighted by molar-refractivity contribution is 5.91. The smallest absolute Gasteiger partial charge is 0.323 e. The van der Waals surface area contributed by atoms with Crippen molar-refractivity contribution >= 4 is 11.7 Å². The fourth-order valence-corrected chi connectivity index (χ4v) is 2.15. The second-order valence-electron chi connectivity index (χ2n) is 4.52. The molecule has 0 bridgehead atoms. The van der Waals surface area contributed by atoms with Gasteiger partial charge in [-0.1, -0.05) is 31.1 Å². The summed E-state index contributed by atoms with van der Waals surface area (Å²) in [6.07, 6.45) is 8.69. The summed E-state index contributed by atoms with van der Waals surface area (Å²) in [7, 11) is 0. The van der Waals surface area contributed by atoms with E-state index in [-0.39, 0.29) is 11.8 Å². The monoisotopic (exact) mass is 246 g/mol. The average Bonchev–Trinajstić information content (AvgIpc) is 2.85. The summed E-state index contributed by atoms with van der Waals surface area (Å²) in [6.45, 7) is 0. The largest absolute Gasteiger partial charge is 0.506 e. The molecule has 0 aromatic heterocycles. The Hall–Kier alpha value is -1.97. The summed E-state index contributed by atoms with van der Waals surface area (Å²) in [5.74, 6) is 0.655. The molecule has 18 heavy (non-hydrogen) atoms. The number of carbonyl (C=O) groups excluding carboxylic acids is 1. The summed E-state index contributed by atoms with van der Waals surface area (Å²) in [5.41, 5.74) is 0.407. The van der Waals surface area contributed by atoms with Gasteiger partial charge in [-0.3, -0.25) is 0 Å². The van der Waals surface area contributed by atoms with Crippen molar-refractivity contribution < 1.29 is 9.90 Å². The maximum atomic E-state index is 11.6. The standard InChI is InChI=1S/C14H18N2O2/c17-13-8-4-3-7-12(13)16-14(18)15-10-9-11-5-1-2-6-11/h3-4,7-11,17H,1-2,5-6H2,(H2,15,16,18)/b10-9+. The van der Waals surface area contributed by atoms with Gasteiger partial charge in [0.25, 0.3) is 0 Å². The molecular formula is C14H18N2O2. The quantitative estimate of drug-likeness (QED) is 0.717. The molecule has 96 valence electrons. The van der Waals surface area contributed by atoms with Crippen LogP contribution in [0.3, 0.4) is 0 Å². The first-order valence-corrected chi connectivity index (χ1v) is 6.28. The van der Waals surface area contributed by atoms with Crippen LogP contribution in [0.2, 0.25) is 0 Å². The molecule has 1 aliphatic rings. The van der Waals surface area contributed by atoms with Crippen molar-refractivity contribution in [3.63, 3.8) is 0 Å². The van der Waals surface area contributed by atoms with Gasteiger partial charge in [0.05, 0.1) is 5.69 Å². The third-order valence-electron chi connectivity index (χ3n) is 3.13. The number of phenolic OH excluding ortho intramolecular Hbond substituents is 1. The lowest BCUT2D eigenvalue weighted by atomic mass is 10.1. The summed E-state index contributed by atoms with van der Waals surface area (Å²) in [4.78, 5) is 11.6. The SMILES string of the molecule is O=C(N/C=C/C1CCCC1)Nc1ccccc1O. The molecule has 1 fully saturated rings. The molecule has 0 aliphatic heterocycles. The van der Waals surface area contributed by atoms with Crippen molar-refractivity contribution in [3.05, 3.63) is 36.5 Å². The number of hydrogen-bond acceptors (Lipinski definition) is 2. The highest BCUT2D eigenvalue weighted by Gasteiger charge is 2.11. The van der Waals surface area contributed by atoms with E-state index in [4.69, 9.17) is 0 Å². The minimum atomic E-state index is -0.342. The van der Waals surface area contributed by atoms with Crippen LogP contribution in [-0.4, -0.2) is 11.1 Å². The zero-order valence-corrected chi connectivity index (χ0v) is 10.2. The van der Waals surface area contributed by atoms with Gasteiger partial charge in [0.2, 0.25) is 0 Å². The first kappa shape index (κ1) is 12.5. The van der Waals surface area contributed by atoms with Gasteiger partial charge in [0.15, 0.2) is 0 Å². The molecule has 0 saturated heterocycles. The second-order valence-corrected chi connectivity index (χ2v) is 4.52. The molecule has 0 heterocycles. The fourth-order valence-electron chi connectivity index (χ4n) is 2.15. The third-order valence-corrected chi connectivity index (χ3v) is 3.13. The molecule has 4 nitrogen and oxygen atoms in total. The lowest BCUT2D eigenvalue weighted by Gasteiger charge is -2.06. The predicted molar refractivity (Wildman–Crippen MR) is 71.4 cm³/mol. The van der Waals surface area contributed by atoms with Crippen LogP contribution in [0.25, 0.3) is 0 Å². The highest BCUT2D eigenvalue weighted by Crippen LogP contribution is 2.25. The van der Waals surface area contributed by atoms with E-state index < -0.39 is 0 Å². The van der Waals surface area contributed by atoms with Crippen LogP contribution in [0.5, 0.6) is 5.75 Å². The number of carbonyl (C=O) groups is 1. The van der Waals surface area contributed by atoms with Crippen molar-refractivity contribution in [2.45, 2.75) is 25.7 Å². The predicted octanol–water partition coefficient (Wildman–Crippen LogP) is 3.22. The number of hydrogen-bond donors (Lipinski definition) is 3. The molecule has 1 saturated carbocycles. The van der Waals surface area contributed by atoms with Crippen LogP contribution >= 0.6 is 0 Å². The molecule has 2 rings (SSSR count). The molecule has 0 radical (unpaired) electrons. The van der Waals surface area contributed by atoms with Crippen LogP contribution in [-0.2, 0) is 0 Å². The zero-order valence-electron chi connectivity index (χ0n) is 10.2. The molecule has 1 aliphatic carbocycles. The van der Waals surface area contributed by atoms with Crippen LogP contribution in [0.1, 0.15) is 25.7 Å². The van der Waals surface area contributed by atoms with Crippen molar-refractivity contribution in [1.29, 1.82) is 0 Å². The van der Waals surface area contributed by atoms with Gasteiger partial charge in [0.1, 0.15) is 5.75 Å². The van der Waals surface area contributed by atoms with Crippen LogP contribution < -0.4 is 10.6 Å². The lowest BCUT2D eigenvalue weighted by molar-refractivity contribution is 0.255. The van der Waals surface area contributed by atoms with Gasteiger partial charge < -0.3 is 15.7 Å². The van der Waals surface area contributed by atoms with Gasteiger partial charge in [-0.15, -0.1) is 0 Å². The van der Waals surface area contributed by atoms with E-state index in [1.165, 1.54) is 31.7 Å². The maximum Gasteiger partial charge on any atom is 0.323 e. The van der Waals surface area contributed by atoms with E-state index in [1.807, 2.05) is 6.08 Å². The van der Waals surface area contributed by atoms with E-state index in [9.17, 15) is 9.90 Å². The summed E-state index contributed by atoms with van der Waals surface area (Å²) in [6, 6.07) is 6.30. The Morgan fingerprint density at radius 3 is 2.72 bits per heavy atom. The molecule has 2 amide bonds. The minimum absolute atomic E-state index is 0.0624. The van der Waals surface area contributed by atoms with Gasteiger partial charge in [-0.2, -0.15) is 0 Å². The summed E-state index contributed by atoms with van der Waals surface area (Å²) >= 11 is 0. The number of rotatable bonds is 3. The number of allylic oxidation sites excluding steroid dienone is 1. The van der Waals surface area contributed by atoms with Gasteiger partial charge in [0, 0.05) is 6.20 Å². The molecule has 1 aromatic rings. The maximum absolute atomic E-state index is 11.6. The Balaban J connectivity index is 1.80. The lowest BCUT2D eigenvalue weighted by Crippen LogP contribution is -2.24. The van der Waals surface area contributed by atoms with Gasteiger partial charge in [-0.05, 0) is 30.9 Å². The average molecular weight is 246 g/mol. The molecule has 3 N–H and O–H groups in total. The number of aromatic hydroxyl groups is 1. The van der Waals surface area contributed by atoms with Crippen molar-refractivity contribution in [3.8, 4) is 5.75 Å². The topological polar surface area (TPSA) is 61.4 Å². The Bertz CT molecular complexity index is 437. The molecule has 4 heteroatoms. The van der Waals surface area contributed by atoms with Gasteiger partial charge in [-0.25, -0.2) is 4.79 Å². The number of benzene rings is 1. The summed E-state index contributed by atoms with van der Waals surface area (Å²) in [5, 5.41) is 14.7. The number of anilines is 1. The van der Waals surface area contributed by atoms with Crippen LogP contribution in [0.4, 0.5) is 10.5 Å². The van der Waals surface area contributed by atoms with Crippen LogP contribution in [0.15, 0.2) is 36.5 Å². The van der Waals surface area contributed by atoms with Crippen molar-refractivity contribution in [2.24, 2.45) is 5.92 Å². The van der Waals surface area contributed by atoms with Gasteiger partial charge >= 0.3 is 6.03 Å². The van der Waals surface area contributed by atoms with Crippen LogP contribution in [0, 0.1) is 5.92 Å². The Kier molecular flexibility index (Phi) is 4.23. The number of nitrogens with one attached hydrogen (secondary N) is 2. The van der Waals surface area contributed by atoms with E-state index in [0.717, 1.165) is 0 Å². The molecule has 0 unspecified atom stereocenters. The third kappa shape index (κ3) is 3.52. The van der Waals surface area contributed by atoms with E-state index in [1.54, 1.807) is 24.4 Å².